The molecule has 0 saturated carbocycles. The number of alkyl halides is 2. The van der Waals surface area contributed by atoms with Crippen LogP contribution in [0.25, 0.3) is 0 Å². The first-order valence-electron chi connectivity index (χ1n) is 8.51. The molecule has 4 nitrogen and oxygen atoms in total. The third-order valence-electron chi connectivity index (χ3n) is 4.05. The third kappa shape index (κ3) is 5.85. The van der Waals surface area contributed by atoms with E-state index in [1.165, 1.54) is 22.7 Å². The highest BCUT2D eigenvalue weighted by atomic mass is 32.2. The monoisotopic (exact) mass is 422 g/mol. The number of rotatable bonds is 8. The van der Waals surface area contributed by atoms with Gasteiger partial charge in [-0.2, -0.15) is 8.78 Å². The minimum absolute atomic E-state index is 0.0409. The molecule has 1 aromatic heterocycles. The summed E-state index contributed by atoms with van der Waals surface area (Å²) in [6.07, 6.45) is 1.91. The first-order valence-corrected chi connectivity index (χ1v) is 11.4. The van der Waals surface area contributed by atoms with Crippen LogP contribution in [0.1, 0.15) is 43.3 Å². The van der Waals surface area contributed by atoms with Gasteiger partial charge >= 0.3 is 0 Å². The van der Waals surface area contributed by atoms with Gasteiger partial charge in [0, 0.05) is 16.7 Å². The lowest BCUT2D eigenvalue weighted by atomic mass is 10.0. The van der Waals surface area contributed by atoms with E-state index in [4.69, 9.17) is 0 Å². The number of thioether (sulfide) groups is 2. The molecule has 146 valence electrons. The highest BCUT2D eigenvalue weighted by Gasteiger charge is 2.36. The van der Waals surface area contributed by atoms with E-state index in [0.29, 0.717) is 29.3 Å². The molecule has 1 aromatic rings. The molecule has 1 aliphatic rings. The summed E-state index contributed by atoms with van der Waals surface area (Å²) in [5, 5.41) is 4.62. The zero-order chi connectivity index (χ0) is 19.3. The summed E-state index contributed by atoms with van der Waals surface area (Å²) in [5.74, 6) is -1.60. The zero-order valence-electron chi connectivity index (χ0n) is 15.0. The Hall–Kier alpha value is -0.800. The van der Waals surface area contributed by atoms with Crippen molar-refractivity contribution in [2.75, 3.05) is 11.6 Å². The quantitative estimate of drug-likeness (QED) is 0.626. The fraction of sp³-hybridized carbons (Fsp3) is 0.647. The van der Waals surface area contributed by atoms with E-state index in [1.54, 1.807) is 5.38 Å². The molecule has 2 rings (SSSR count). The van der Waals surface area contributed by atoms with Gasteiger partial charge < -0.3 is 10.2 Å². The number of hydrogen-bond acceptors (Lipinski definition) is 5. The maximum absolute atomic E-state index is 12.8. The van der Waals surface area contributed by atoms with Gasteiger partial charge in [0.15, 0.2) is 0 Å². The highest BCUT2D eigenvalue weighted by Crippen LogP contribution is 2.34. The second-order valence-corrected chi connectivity index (χ2v) is 9.61. The second-order valence-electron chi connectivity index (χ2n) is 6.66. The lowest BCUT2D eigenvalue weighted by Gasteiger charge is -2.25. The first-order chi connectivity index (χ1) is 12.3. The van der Waals surface area contributed by atoms with Gasteiger partial charge in [-0.3, -0.25) is 9.59 Å². The largest absolute Gasteiger partial charge is 0.352 e. The second kappa shape index (κ2) is 9.94. The minimum atomic E-state index is -2.58. The summed E-state index contributed by atoms with van der Waals surface area (Å²) in [4.78, 5) is 27.5. The van der Waals surface area contributed by atoms with E-state index >= 15 is 0 Å². The normalized spacial score (nSPS) is 18.6. The van der Waals surface area contributed by atoms with Gasteiger partial charge in [0.2, 0.25) is 5.91 Å². The minimum Gasteiger partial charge on any atom is -0.352 e. The van der Waals surface area contributed by atoms with E-state index in [0.717, 1.165) is 24.2 Å². The molecule has 2 amide bonds. The SMILES string of the molecule is CC(C)CCC(C)NC(=O)C1CSCN1C(=O)c1sccc1SC(F)F. The van der Waals surface area contributed by atoms with Gasteiger partial charge in [0.25, 0.3) is 11.7 Å². The third-order valence-corrected chi connectivity index (χ3v) is 6.87. The van der Waals surface area contributed by atoms with Crippen molar-refractivity contribution in [2.24, 2.45) is 5.92 Å². The predicted octanol–water partition coefficient (Wildman–Crippen LogP) is 4.52. The Balaban J connectivity index is 2.01. The van der Waals surface area contributed by atoms with Gasteiger partial charge in [0.1, 0.15) is 10.9 Å². The van der Waals surface area contributed by atoms with Crippen LogP contribution in [0.5, 0.6) is 0 Å². The topological polar surface area (TPSA) is 49.4 Å². The van der Waals surface area contributed by atoms with Crippen LogP contribution in [0.3, 0.4) is 0 Å². The van der Waals surface area contributed by atoms with Gasteiger partial charge in [-0.25, -0.2) is 0 Å². The van der Waals surface area contributed by atoms with Crippen LogP contribution in [0.15, 0.2) is 16.3 Å². The number of nitrogens with zero attached hydrogens (tertiary/aromatic N) is 1. The molecule has 0 radical (unpaired) electrons. The van der Waals surface area contributed by atoms with E-state index in [2.05, 4.69) is 19.2 Å². The maximum Gasteiger partial charge on any atom is 0.288 e. The van der Waals surface area contributed by atoms with Crippen LogP contribution < -0.4 is 5.32 Å². The lowest BCUT2D eigenvalue weighted by Crippen LogP contribution is -2.49. The number of carbonyl (C=O) groups excluding carboxylic acids is 2. The Bertz CT molecular complexity index is 625. The molecule has 1 aliphatic heterocycles. The number of thiophene rings is 1. The van der Waals surface area contributed by atoms with Crippen molar-refractivity contribution in [3.05, 3.63) is 16.3 Å². The summed E-state index contributed by atoms with van der Waals surface area (Å²) in [6.45, 7) is 6.24. The molecule has 2 heterocycles. The first kappa shape index (κ1) is 21.5. The average molecular weight is 423 g/mol. The fourth-order valence-electron chi connectivity index (χ4n) is 2.63. The molecule has 0 aliphatic carbocycles. The number of nitrogens with one attached hydrogen (secondary N) is 1. The Kier molecular flexibility index (Phi) is 8.22. The molecule has 26 heavy (non-hydrogen) atoms. The van der Waals surface area contributed by atoms with Crippen LogP contribution in [-0.2, 0) is 4.79 Å². The molecule has 1 fully saturated rings. The molecule has 0 aromatic carbocycles. The Morgan fingerprint density at radius 3 is 2.73 bits per heavy atom. The van der Waals surface area contributed by atoms with E-state index in [9.17, 15) is 18.4 Å². The molecular formula is C17H24F2N2O2S3. The van der Waals surface area contributed by atoms with E-state index in [-0.39, 0.29) is 27.6 Å². The van der Waals surface area contributed by atoms with Crippen molar-refractivity contribution in [3.63, 3.8) is 0 Å². The molecule has 2 unspecified atom stereocenters. The van der Waals surface area contributed by atoms with Gasteiger partial charge in [-0.05, 0) is 37.1 Å². The van der Waals surface area contributed by atoms with Crippen LogP contribution in [0.2, 0.25) is 0 Å². The maximum atomic E-state index is 12.8. The van der Waals surface area contributed by atoms with Crippen molar-refractivity contribution >= 4 is 46.7 Å². The average Bonchev–Trinajstić information content (AvgIpc) is 3.20. The molecule has 9 heteroatoms. The smallest absolute Gasteiger partial charge is 0.288 e. The van der Waals surface area contributed by atoms with Crippen LogP contribution >= 0.6 is 34.9 Å². The Morgan fingerprint density at radius 1 is 1.35 bits per heavy atom. The molecule has 2 atom stereocenters. The molecule has 1 N–H and O–H groups in total. The highest BCUT2D eigenvalue weighted by molar-refractivity contribution is 8.00. The molecule has 0 bridgehead atoms. The van der Waals surface area contributed by atoms with Crippen molar-refractivity contribution in [2.45, 2.75) is 56.3 Å². The van der Waals surface area contributed by atoms with Crippen molar-refractivity contribution in [1.82, 2.24) is 10.2 Å². The van der Waals surface area contributed by atoms with E-state index in [1.807, 2.05) is 6.92 Å². The Morgan fingerprint density at radius 2 is 2.08 bits per heavy atom. The Labute approximate surface area is 165 Å². The summed E-state index contributed by atoms with van der Waals surface area (Å²) < 4.78 is 25.3. The predicted molar refractivity (Wildman–Crippen MR) is 105 cm³/mol. The fourth-order valence-corrected chi connectivity index (χ4v) is 5.43. The van der Waals surface area contributed by atoms with Crippen molar-refractivity contribution < 1.29 is 18.4 Å². The van der Waals surface area contributed by atoms with Gasteiger partial charge in [0.05, 0.1) is 5.88 Å². The van der Waals surface area contributed by atoms with Gasteiger partial charge in [-0.15, -0.1) is 23.1 Å². The van der Waals surface area contributed by atoms with Crippen LogP contribution in [-0.4, -0.2) is 46.2 Å². The summed E-state index contributed by atoms with van der Waals surface area (Å²) in [6, 6.07) is 1.01. The van der Waals surface area contributed by atoms with Gasteiger partial charge in [-0.1, -0.05) is 25.6 Å². The summed E-state index contributed by atoms with van der Waals surface area (Å²) in [7, 11) is 0. The number of carbonyl (C=O) groups is 2. The van der Waals surface area contributed by atoms with E-state index < -0.39 is 11.8 Å². The molecule has 0 spiro atoms. The lowest BCUT2D eigenvalue weighted by molar-refractivity contribution is -0.125. The van der Waals surface area contributed by atoms with Crippen LogP contribution in [0.4, 0.5) is 8.78 Å². The molecule has 1 saturated heterocycles. The van der Waals surface area contributed by atoms with Crippen molar-refractivity contribution in [1.29, 1.82) is 0 Å². The number of hydrogen-bond donors (Lipinski definition) is 1. The van der Waals surface area contributed by atoms with Crippen LogP contribution in [0, 0.1) is 5.92 Å². The van der Waals surface area contributed by atoms with Crippen molar-refractivity contribution in [3.8, 4) is 0 Å². The molecular weight excluding hydrogens is 398 g/mol. The summed E-state index contributed by atoms with van der Waals surface area (Å²) in [5.41, 5.74) is 0. The number of halogens is 2. The standard InChI is InChI=1S/C17H24F2N2O2S3/c1-10(2)4-5-11(3)20-15(22)12-8-24-9-21(12)16(23)14-13(6-7-25-14)26-17(18)19/h6-7,10-12,17H,4-5,8-9H2,1-3H3,(H,20,22). The number of amides is 2. The zero-order valence-corrected chi connectivity index (χ0v) is 17.5. The summed E-state index contributed by atoms with van der Waals surface area (Å²) >= 11 is 3.01.